The van der Waals surface area contributed by atoms with Gasteiger partial charge in [-0.05, 0) is 119 Å². The van der Waals surface area contributed by atoms with E-state index in [-0.39, 0.29) is 106 Å². The molecular formula is C90H122N4O28. The van der Waals surface area contributed by atoms with E-state index in [1.54, 1.807) is 48.7 Å². The number of hydrogen-bond donors (Lipinski definition) is 4. The van der Waals surface area contributed by atoms with Gasteiger partial charge in [-0.2, -0.15) is 0 Å². The lowest BCUT2D eigenvalue weighted by Gasteiger charge is -2.15. The van der Waals surface area contributed by atoms with Crippen molar-refractivity contribution < 1.29 is 133 Å². The van der Waals surface area contributed by atoms with Crippen LogP contribution in [-0.2, 0) is 85.3 Å². The van der Waals surface area contributed by atoms with Crippen LogP contribution in [0.3, 0.4) is 0 Å². The number of fused-ring (bicyclic) bond motifs is 8. The lowest BCUT2D eigenvalue weighted by Crippen LogP contribution is -2.13. The van der Waals surface area contributed by atoms with Crippen molar-refractivity contribution >= 4 is 46.4 Å². The molecule has 0 radical (unpaired) electrons. The average Bonchev–Trinajstić information content (AvgIpc) is 1.61. The molecule has 0 spiro atoms. The zero-order chi connectivity index (χ0) is 85.5. The Kier molecular flexibility index (Phi) is 46.9. The summed E-state index contributed by atoms with van der Waals surface area (Å²) in [4.78, 5) is 19.1. The van der Waals surface area contributed by atoms with E-state index in [1.165, 1.54) is 0 Å². The Morgan fingerprint density at radius 1 is 0.205 bits per heavy atom. The fourth-order valence-corrected chi connectivity index (χ4v) is 12.4. The summed E-state index contributed by atoms with van der Waals surface area (Å²) in [7, 11) is 9.77. The van der Waals surface area contributed by atoms with Gasteiger partial charge in [0.05, 0.1) is 234 Å². The van der Waals surface area contributed by atoms with Crippen molar-refractivity contribution in [2.45, 2.75) is 0 Å². The summed E-state index contributed by atoms with van der Waals surface area (Å²) in [5.74, 6) is 3.67. The number of aromatic amines is 2. The van der Waals surface area contributed by atoms with Crippen LogP contribution in [0.2, 0.25) is 0 Å². The highest BCUT2D eigenvalue weighted by Gasteiger charge is 2.24. The Morgan fingerprint density at radius 3 is 0.525 bits per heavy atom. The highest BCUT2D eigenvalue weighted by atomic mass is 16.6. The molecule has 4 aromatic carbocycles. The second-order valence-corrected chi connectivity index (χ2v) is 26.8. The molecule has 4 N–H and O–H groups in total. The molecule has 2 aliphatic heterocycles. The summed E-state index contributed by atoms with van der Waals surface area (Å²) < 4.78 is 153. The van der Waals surface area contributed by atoms with Crippen LogP contribution < -0.4 is 37.9 Å². The van der Waals surface area contributed by atoms with Gasteiger partial charge >= 0.3 is 0 Å². The van der Waals surface area contributed by atoms with Crippen LogP contribution in [-0.4, -0.2) is 337 Å². The zero-order valence-electron chi connectivity index (χ0n) is 71.2. The second kappa shape index (κ2) is 59.0. The standard InChI is InChI=1S/C90H122N4O28/c1-97-19-25-103-31-37-109-43-49-117-73-57-68(58-74(64-73)118-50-44-110-38-32-104-26-20-98-2)88-81-9-7-79(91-81)87(67-55-71(115-17-15-95)63-72(56-67)116-18-16-96)80-8-10-82(92-80)89(69-59-75(119-51-45-111-39-33-105-27-21-99-3)65-76(60-69)120-52-46-112-40-34-106-28-22-100-4)84-12-14-86(94-84)90(85-13-11-83(88)93-85)70-61-77(121-53-47-113-41-35-107-29-23-101-5)66-78(62-70)122-54-48-114-42-36-108-30-24-102-6/h7-14,55-66,91,94-96H,15-54H2,1-6H3. The Morgan fingerprint density at radius 2 is 0.361 bits per heavy atom. The van der Waals surface area contributed by atoms with Gasteiger partial charge in [0.25, 0.3) is 0 Å². The quantitative estimate of drug-likeness (QED) is 0.0257. The van der Waals surface area contributed by atoms with Gasteiger partial charge in [0.15, 0.2) is 0 Å². The molecule has 8 bridgehead atoms. The number of nitrogens with one attached hydrogen (secondary N) is 2. The second-order valence-electron chi connectivity index (χ2n) is 26.8. The third-order valence-electron chi connectivity index (χ3n) is 17.9. The largest absolute Gasteiger partial charge is 0.491 e. The molecule has 7 aromatic rings. The minimum absolute atomic E-state index is 0.0163. The van der Waals surface area contributed by atoms with Crippen LogP contribution in [0.5, 0.6) is 46.0 Å². The van der Waals surface area contributed by atoms with Crippen LogP contribution in [0.4, 0.5) is 0 Å². The van der Waals surface area contributed by atoms with Crippen LogP contribution >= 0.6 is 0 Å². The fourth-order valence-electron chi connectivity index (χ4n) is 12.4. The molecule has 670 valence electrons. The number of rotatable bonds is 70. The van der Waals surface area contributed by atoms with E-state index in [0.29, 0.717) is 294 Å². The number of methoxy groups -OCH3 is 6. The number of hydrogen-bond acceptors (Lipinski definition) is 30. The van der Waals surface area contributed by atoms with E-state index in [9.17, 15) is 10.2 Å². The van der Waals surface area contributed by atoms with Crippen molar-refractivity contribution in [2.24, 2.45) is 0 Å². The highest BCUT2D eigenvalue weighted by molar-refractivity contribution is 6.00. The third-order valence-corrected chi connectivity index (χ3v) is 17.9. The number of aliphatic hydroxyl groups is 2. The molecule has 32 nitrogen and oxygen atoms in total. The molecule has 122 heavy (non-hydrogen) atoms. The Balaban J connectivity index is 1.29. The Hall–Kier alpha value is -8.92. The summed E-state index contributed by atoms with van der Waals surface area (Å²) in [5.41, 5.74) is 9.85. The molecule has 5 heterocycles. The molecule has 0 atom stereocenters. The minimum Gasteiger partial charge on any atom is -0.491 e. The lowest BCUT2D eigenvalue weighted by atomic mass is 10.0. The van der Waals surface area contributed by atoms with E-state index < -0.39 is 0 Å². The first kappa shape index (κ1) is 96.9. The van der Waals surface area contributed by atoms with Crippen molar-refractivity contribution in [1.29, 1.82) is 0 Å². The Bertz CT molecular complexity index is 4090. The van der Waals surface area contributed by atoms with Crippen molar-refractivity contribution in [1.82, 2.24) is 19.9 Å². The zero-order valence-corrected chi connectivity index (χ0v) is 71.2. The molecule has 0 saturated carbocycles. The molecule has 3 aromatic heterocycles. The molecule has 0 fully saturated rings. The number of aliphatic hydroxyl groups excluding tert-OH is 2. The van der Waals surface area contributed by atoms with E-state index in [2.05, 4.69) is 9.97 Å². The van der Waals surface area contributed by atoms with Gasteiger partial charge in [0, 0.05) is 111 Å². The maximum Gasteiger partial charge on any atom is 0.123 e. The maximum absolute atomic E-state index is 10.1. The first-order chi connectivity index (χ1) is 60.3. The Labute approximate surface area is 713 Å². The number of ether oxygens (including phenoxy) is 26. The van der Waals surface area contributed by atoms with Gasteiger partial charge < -0.3 is 143 Å². The fraction of sp³-hybridized carbons (Fsp3) is 0.511. The minimum atomic E-state index is -0.257. The van der Waals surface area contributed by atoms with E-state index in [4.69, 9.17) is 133 Å². The number of benzene rings is 4. The molecule has 2 aliphatic rings. The predicted molar refractivity (Wildman–Crippen MR) is 460 cm³/mol. The highest BCUT2D eigenvalue weighted by Crippen LogP contribution is 2.43. The number of aromatic nitrogens is 4. The first-order valence-corrected chi connectivity index (χ1v) is 41.1. The van der Waals surface area contributed by atoms with Gasteiger partial charge in [-0.15, -0.1) is 0 Å². The maximum atomic E-state index is 10.1. The summed E-state index contributed by atoms with van der Waals surface area (Å²) in [6, 6.07) is 30.6. The van der Waals surface area contributed by atoms with E-state index >= 15 is 0 Å². The summed E-state index contributed by atoms with van der Waals surface area (Å²) >= 11 is 0. The van der Waals surface area contributed by atoms with Crippen molar-refractivity contribution in [3.05, 3.63) is 120 Å². The number of nitrogens with zero attached hydrogens (tertiary/aromatic N) is 2. The van der Waals surface area contributed by atoms with Gasteiger partial charge in [0.2, 0.25) is 0 Å². The summed E-state index contributed by atoms with van der Waals surface area (Å²) in [5, 5.41) is 20.3. The molecule has 32 heteroatoms. The summed E-state index contributed by atoms with van der Waals surface area (Å²) in [6.45, 7) is 12.0. The molecule has 0 saturated heterocycles. The number of H-pyrrole nitrogens is 2. The van der Waals surface area contributed by atoms with Crippen LogP contribution in [0, 0.1) is 0 Å². The monoisotopic (exact) mass is 1710 g/mol. The van der Waals surface area contributed by atoms with Crippen molar-refractivity contribution in [2.75, 3.05) is 307 Å². The topological polar surface area (TPSA) is 338 Å². The molecule has 0 amide bonds. The molecule has 0 aliphatic carbocycles. The third kappa shape index (κ3) is 34.7. The average molecular weight is 1710 g/mol. The molecule has 0 unspecified atom stereocenters. The van der Waals surface area contributed by atoms with Crippen LogP contribution in [0.1, 0.15) is 22.8 Å². The van der Waals surface area contributed by atoms with Gasteiger partial charge in [-0.1, -0.05) is 0 Å². The molecular weight excluding hydrogens is 1580 g/mol. The normalized spacial score (nSPS) is 11.8. The van der Waals surface area contributed by atoms with Gasteiger partial charge in [-0.25, -0.2) is 9.97 Å². The van der Waals surface area contributed by atoms with Crippen molar-refractivity contribution in [3.63, 3.8) is 0 Å². The van der Waals surface area contributed by atoms with E-state index in [0.717, 1.165) is 0 Å². The lowest BCUT2D eigenvalue weighted by molar-refractivity contribution is 0.0174. The van der Waals surface area contributed by atoms with Gasteiger partial charge in [0.1, 0.15) is 98.9 Å². The van der Waals surface area contributed by atoms with Crippen LogP contribution in [0.25, 0.3) is 90.9 Å². The van der Waals surface area contributed by atoms with E-state index in [1.807, 2.05) is 115 Å². The summed E-state index contributed by atoms with van der Waals surface area (Å²) in [6.07, 6.45) is 7.88. The first-order valence-electron chi connectivity index (χ1n) is 41.1. The smallest absolute Gasteiger partial charge is 0.123 e. The van der Waals surface area contributed by atoms with Crippen molar-refractivity contribution in [3.8, 4) is 90.5 Å². The van der Waals surface area contributed by atoms with Gasteiger partial charge in [-0.3, -0.25) is 0 Å². The SMILES string of the molecule is COCCOCCOCCOc1cc(OCCOCCOCCOC)cc(-c2c3nc(c(-c4cc(OCCOCCOCCOC)cc(OCCOCCOCCOC)c4)c4ccc([nH]4)c(-c4cc(OCCOCCOCCOC)cc(OCCOCCOCCOC)c4)c4nc(c(-c5cc(OCCO)cc(OCCO)c5)c5ccc2[nH]5)C=C4)C=C3)c1. The molecule has 9 rings (SSSR count). The van der Waals surface area contributed by atoms with Crippen LogP contribution in [0.15, 0.2) is 97.1 Å². The predicted octanol–water partition coefficient (Wildman–Crippen LogP) is 10.4.